The van der Waals surface area contributed by atoms with E-state index in [0.717, 1.165) is 17.3 Å². The molecule has 1 aliphatic rings. The molecular weight excluding hydrogens is 678 g/mol. The fourth-order valence-corrected chi connectivity index (χ4v) is 5.78. The van der Waals surface area contributed by atoms with Gasteiger partial charge in [-0.15, -0.1) is 11.8 Å². The van der Waals surface area contributed by atoms with Crippen molar-refractivity contribution in [3.05, 3.63) is 77.2 Å². The monoisotopic (exact) mass is 717 g/mol. The lowest BCUT2D eigenvalue weighted by molar-refractivity contribution is -0.187. The number of nitrogens with zero attached hydrogens (tertiary/aromatic N) is 4. The van der Waals surface area contributed by atoms with E-state index in [0.29, 0.717) is 17.9 Å². The molecule has 270 valence electrons. The number of rotatable bonds is 19. The third-order valence-corrected chi connectivity index (χ3v) is 8.20. The first-order valence-electron chi connectivity index (χ1n) is 15.3. The average Bonchev–Trinajstić information content (AvgIpc) is 3.62. The Hall–Kier alpha value is -5.30. The standard InChI is InChI=1S/C30H39N9O10S/c1-2-10-46-30(45)38-24-26(25(42)21(14-36-39-32)48-28(24)50-11-6-9-22(31)40)49-23(41)15-34-27(43)20(12-19-13-33-17-35-19)37-29(44)47-16-18-7-4-3-5-8-18/h2-5,7-8,13,17,20-21,24-26,28,42H,1,6,9-12,14-16H2,(H2,31,40)(H,33,35)(H,34,43)(H,37,44)(H,38,45)/t20-,21+,24+,25-,26+,28+/m0/s1. The lowest BCUT2D eigenvalue weighted by atomic mass is 9.97. The molecule has 0 aliphatic carbocycles. The highest BCUT2D eigenvalue weighted by Gasteiger charge is 2.48. The van der Waals surface area contributed by atoms with E-state index in [9.17, 15) is 29.1 Å². The Kier molecular flexibility index (Phi) is 16.4. The molecule has 1 saturated heterocycles. The fraction of sp³-hybridized carbons (Fsp3) is 0.467. The van der Waals surface area contributed by atoms with Crippen molar-refractivity contribution in [3.63, 3.8) is 0 Å². The van der Waals surface area contributed by atoms with E-state index < -0.39 is 72.3 Å². The number of aliphatic hydroxyl groups excluding tert-OH is 1. The summed E-state index contributed by atoms with van der Waals surface area (Å²) >= 11 is 1.13. The summed E-state index contributed by atoms with van der Waals surface area (Å²) < 4.78 is 21.8. The van der Waals surface area contributed by atoms with Gasteiger partial charge in [0.25, 0.3) is 0 Å². The van der Waals surface area contributed by atoms with Gasteiger partial charge in [-0.3, -0.25) is 14.4 Å². The van der Waals surface area contributed by atoms with Crippen LogP contribution in [0.25, 0.3) is 10.4 Å². The number of hydrogen-bond donors (Lipinski definition) is 6. The van der Waals surface area contributed by atoms with Crippen LogP contribution in [0.4, 0.5) is 9.59 Å². The Morgan fingerprint density at radius 1 is 1.22 bits per heavy atom. The molecule has 0 bridgehead atoms. The number of aliphatic hydroxyl groups is 1. The first kappa shape index (κ1) is 39.1. The Bertz CT molecular complexity index is 1480. The highest BCUT2D eigenvalue weighted by molar-refractivity contribution is 7.99. The second-order valence-electron chi connectivity index (χ2n) is 10.7. The number of thioether (sulfide) groups is 1. The smallest absolute Gasteiger partial charge is 0.408 e. The minimum Gasteiger partial charge on any atom is -0.456 e. The molecule has 1 aromatic heterocycles. The molecule has 7 N–H and O–H groups in total. The maximum Gasteiger partial charge on any atom is 0.408 e. The van der Waals surface area contributed by atoms with Crippen LogP contribution in [0.15, 0.2) is 60.6 Å². The van der Waals surface area contributed by atoms with Crippen LogP contribution in [0.3, 0.4) is 0 Å². The van der Waals surface area contributed by atoms with Crippen molar-refractivity contribution in [2.24, 2.45) is 10.8 Å². The van der Waals surface area contributed by atoms with Gasteiger partial charge >= 0.3 is 18.2 Å². The van der Waals surface area contributed by atoms with Crippen LogP contribution in [0.5, 0.6) is 0 Å². The van der Waals surface area contributed by atoms with Gasteiger partial charge in [-0.1, -0.05) is 48.1 Å². The van der Waals surface area contributed by atoms with E-state index >= 15 is 0 Å². The van der Waals surface area contributed by atoms with Crippen molar-refractivity contribution in [2.75, 3.05) is 25.4 Å². The van der Waals surface area contributed by atoms with E-state index in [-0.39, 0.29) is 32.6 Å². The maximum absolute atomic E-state index is 13.2. The average molecular weight is 718 g/mol. The van der Waals surface area contributed by atoms with Crippen molar-refractivity contribution in [3.8, 4) is 0 Å². The first-order valence-corrected chi connectivity index (χ1v) is 16.4. The van der Waals surface area contributed by atoms with Gasteiger partial charge < -0.3 is 50.7 Å². The summed E-state index contributed by atoms with van der Waals surface area (Å²) in [4.78, 5) is 72.1. The number of H-pyrrole nitrogens is 1. The van der Waals surface area contributed by atoms with Gasteiger partial charge in [-0.25, -0.2) is 14.6 Å². The molecule has 4 amide bonds. The number of imidazole rings is 1. The van der Waals surface area contributed by atoms with Crippen LogP contribution in [0.1, 0.15) is 24.1 Å². The maximum atomic E-state index is 13.2. The van der Waals surface area contributed by atoms with Crippen molar-refractivity contribution in [1.29, 1.82) is 0 Å². The van der Waals surface area contributed by atoms with Crippen LogP contribution >= 0.6 is 11.8 Å². The summed E-state index contributed by atoms with van der Waals surface area (Å²) in [5.41, 5.74) is 14.3. The third kappa shape index (κ3) is 13.3. The summed E-state index contributed by atoms with van der Waals surface area (Å²) in [5.74, 6) is -2.00. The van der Waals surface area contributed by atoms with Gasteiger partial charge in [0.15, 0.2) is 6.10 Å². The number of aromatic nitrogens is 2. The lowest BCUT2D eigenvalue weighted by Gasteiger charge is -2.43. The number of nitrogens with two attached hydrogens (primary N) is 1. The molecule has 0 saturated carbocycles. The van der Waals surface area contributed by atoms with Crippen molar-refractivity contribution in [1.82, 2.24) is 25.9 Å². The zero-order valence-electron chi connectivity index (χ0n) is 26.8. The number of azide groups is 1. The summed E-state index contributed by atoms with van der Waals surface area (Å²) in [5, 5.41) is 22.0. The quantitative estimate of drug-likeness (QED) is 0.0225. The number of aromatic amines is 1. The van der Waals surface area contributed by atoms with Crippen molar-refractivity contribution >= 4 is 41.7 Å². The van der Waals surface area contributed by atoms with Gasteiger partial charge in [-0.2, -0.15) is 0 Å². The number of nitrogens with one attached hydrogen (secondary N) is 4. The van der Waals surface area contributed by atoms with Gasteiger partial charge in [-0.05, 0) is 23.3 Å². The number of hydrogen-bond acceptors (Lipinski definition) is 13. The van der Waals surface area contributed by atoms with Crippen molar-refractivity contribution < 1.29 is 48.0 Å². The molecule has 0 radical (unpaired) electrons. The predicted molar refractivity (Wildman–Crippen MR) is 177 cm³/mol. The number of alkyl carbamates (subject to hydrolysis) is 2. The van der Waals surface area contributed by atoms with Crippen LogP contribution < -0.4 is 21.7 Å². The number of ether oxygens (including phenoxy) is 4. The number of carbonyl (C=O) groups is 5. The zero-order valence-corrected chi connectivity index (χ0v) is 27.7. The zero-order chi connectivity index (χ0) is 36.3. The Labute approximate surface area is 290 Å². The van der Waals surface area contributed by atoms with Gasteiger partial charge in [0.1, 0.15) is 43.4 Å². The van der Waals surface area contributed by atoms with Gasteiger partial charge in [0.05, 0.1) is 19.0 Å². The Morgan fingerprint density at radius 2 is 2.00 bits per heavy atom. The van der Waals surface area contributed by atoms with Crippen LogP contribution in [-0.4, -0.2) is 106 Å². The van der Waals surface area contributed by atoms with Crippen LogP contribution in [0.2, 0.25) is 0 Å². The highest BCUT2D eigenvalue weighted by Crippen LogP contribution is 2.31. The summed E-state index contributed by atoms with van der Waals surface area (Å²) in [6.07, 6.45) is -1.52. The summed E-state index contributed by atoms with van der Waals surface area (Å²) in [7, 11) is 0. The molecule has 1 aliphatic heterocycles. The molecule has 0 spiro atoms. The molecule has 2 aromatic rings. The number of esters is 1. The minimum atomic E-state index is -1.61. The lowest BCUT2D eigenvalue weighted by Crippen LogP contribution is -2.64. The molecule has 20 heteroatoms. The number of primary amides is 1. The molecule has 19 nitrogen and oxygen atoms in total. The minimum absolute atomic E-state index is 0.0332. The largest absolute Gasteiger partial charge is 0.456 e. The summed E-state index contributed by atoms with van der Waals surface area (Å²) in [6, 6.07) is 6.48. The molecule has 3 rings (SSSR count). The number of carbonyl (C=O) groups excluding carboxylic acids is 5. The molecule has 6 atom stereocenters. The normalized spacial score (nSPS) is 20.2. The molecule has 1 aromatic carbocycles. The van der Waals surface area contributed by atoms with E-state index in [2.05, 4.69) is 42.5 Å². The number of amides is 4. The second-order valence-corrected chi connectivity index (χ2v) is 11.9. The van der Waals surface area contributed by atoms with E-state index in [4.69, 9.17) is 30.2 Å². The third-order valence-electron chi connectivity index (χ3n) is 6.94. The first-order chi connectivity index (χ1) is 24.1. The van der Waals surface area contributed by atoms with Crippen LogP contribution in [-0.2, 0) is 46.4 Å². The van der Waals surface area contributed by atoms with E-state index in [1.165, 1.54) is 18.6 Å². The van der Waals surface area contributed by atoms with Crippen molar-refractivity contribution in [2.45, 2.75) is 61.7 Å². The highest BCUT2D eigenvalue weighted by atomic mass is 32.2. The SMILES string of the molecule is C=CCOC(=O)N[C@@H]1[C@@H](OC(=O)CNC(=O)[C@H](Cc2cnc[nH]2)NC(=O)OCc2ccccc2)[C@@H](O)[C@@H](CN=[N+]=[N-])O[C@@H]1SCCCC(N)=O. The molecular formula is C30H39N9O10S. The van der Waals surface area contributed by atoms with Gasteiger partial charge in [0, 0.05) is 29.6 Å². The molecule has 0 unspecified atom stereocenters. The van der Waals surface area contributed by atoms with E-state index in [1.54, 1.807) is 24.3 Å². The molecule has 1 fully saturated rings. The van der Waals surface area contributed by atoms with Crippen LogP contribution in [0, 0.1) is 0 Å². The topological polar surface area (TPSA) is 282 Å². The second kappa shape index (κ2) is 20.9. The Morgan fingerprint density at radius 3 is 2.68 bits per heavy atom. The number of benzene rings is 1. The fourth-order valence-electron chi connectivity index (χ4n) is 4.59. The summed E-state index contributed by atoms with van der Waals surface area (Å²) in [6.45, 7) is 2.21. The molecule has 2 heterocycles. The van der Waals surface area contributed by atoms with E-state index in [1.807, 2.05) is 6.07 Å². The molecule has 50 heavy (non-hydrogen) atoms. The predicted octanol–water partition coefficient (Wildman–Crippen LogP) is 0.951. The Balaban J connectivity index is 1.72. The van der Waals surface area contributed by atoms with Gasteiger partial charge in [0.2, 0.25) is 11.8 Å².